The van der Waals surface area contributed by atoms with Crippen molar-refractivity contribution in [2.75, 3.05) is 6.61 Å². The highest BCUT2D eigenvalue weighted by atomic mass is 16.6. The van der Waals surface area contributed by atoms with Gasteiger partial charge in [-0.05, 0) is 40.5 Å². The number of hydrogen-bond acceptors (Lipinski definition) is 6. The number of carbonyl (C=O) groups is 3. The van der Waals surface area contributed by atoms with E-state index in [0.717, 1.165) is 0 Å². The molecule has 0 bridgehead atoms. The predicted octanol–water partition coefficient (Wildman–Crippen LogP) is 2.61. The van der Waals surface area contributed by atoms with Gasteiger partial charge in [0.25, 0.3) is 0 Å². The Hall–Kier alpha value is -1.85. The Morgan fingerprint density at radius 1 is 1.26 bits per heavy atom. The zero-order valence-electron chi connectivity index (χ0n) is 14.9. The molecule has 0 spiro atoms. The first kappa shape index (κ1) is 19.2. The van der Waals surface area contributed by atoms with Crippen molar-refractivity contribution in [1.29, 1.82) is 0 Å². The van der Waals surface area contributed by atoms with Crippen molar-refractivity contribution >= 4 is 17.9 Å². The summed E-state index contributed by atoms with van der Waals surface area (Å²) in [5.74, 6) is -3.68. The van der Waals surface area contributed by atoms with Crippen LogP contribution >= 0.6 is 0 Å². The molecule has 1 rings (SSSR count). The van der Waals surface area contributed by atoms with Crippen molar-refractivity contribution in [2.45, 2.75) is 54.1 Å². The number of rotatable bonds is 4. The number of allylic oxidation sites excluding steroid dienone is 1. The Kier molecular flexibility index (Phi) is 5.97. The maximum absolute atomic E-state index is 12.5. The molecule has 0 saturated heterocycles. The van der Waals surface area contributed by atoms with Crippen LogP contribution in [0.5, 0.6) is 0 Å². The molecular formula is C17H26O6. The molecule has 0 unspecified atom stereocenters. The van der Waals surface area contributed by atoms with Gasteiger partial charge in [-0.2, -0.15) is 0 Å². The molecule has 2 atom stereocenters. The van der Waals surface area contributed by atoms with Crippen LogP contribution in [0.4, 0.5) is 0 Å². The summed E-state index contributed by atoms with van der Waals surface area (Å²) < 4.78 is 15.7. The monoisotopic (exact) mass is 326 g/mol. The minimum Gasteiger partial charge on any atom is -0.465 e. The van der Waals surface area contributed by atoms with Crippen LogP contribution in [-0.4, -0.2) is 30.1 Å². The molecule has 23 heavy (non-hydrogen) atoms. The van der Waals surface area contributed by atoms with Gasteiger partial charge in [0.1, 0.15) is 17.3 Å². The molecular weight excluding hydrogens is 300 g/mol. The summed E-state index contributed by atoms with van der Waals surface area (Å²) in [6, 6.07) is 0. The van der Waals surface area contributed by atoms with E-state index in [0.29, 0.717) is 0 Å². The first-order chi connectivity index (χ1) is 10.5. The van der Waals surface area contributed by atoms with Gasteiger partial charge >= 0.3 is 17.9 Å². The molecule has 0 radical (unpaired) electrons. The minimum atomic E-state index is -1.01. The van der Waals surface area contributed by atoms with Crippen LogP contribution in [0.2, 0.25) is 0 Å². The lowest BCUT2D eigenvalue weighted by Gasteiger charge is -2.33. The number of esters is 3. The maximum atomic E-state index is 12.5. The molecule has 1 aliphatic rings. The predicted molar refractivity (Wildman–Crippen MR) is 83.1 cm³/mol. The third kappa shape index (κ3) is 4.56. The lowest BCUT2D eigenvalue weighted by atomic mass is 9.77. The van der Waals surface area contributed by atoms with Gasteiger partial charge in [0.2, 0.25) is 0 Å². The topological polar surface area (TPSA) is 78.9 Å². The van der Waals surface area contributed by atoms with Crippen LogP contribution in [0, 0.1) is 17.8 Å². The van der Waals surface area contributed by atoms with E-state index in [2.05, 4.69) is 0 Å². The normalized spacial score (nSPS) is 22.0. The van der Waals surface area contributed by atoms with Crippen LogP contribution in [0.15, 0.2) is 11.3 Å². The fraction of sp³-hybridized carbons (Fsp3) is 0.706. The summed E-state index contributed by atoms with van der Waals surface area (Å²) >= 11 is 0. The van der Waals surface area contributed by atoms with E-state index in [-0.39, 0.29) is 23.9 Å². The Labute approximate surface area is 137 Å². The summed E-state index contributed by atoms with van der Waals surface area (Å²) in [4.78, 5) is 37.2. The largest absolute Gasteiger partial charge is 0.465 e. The highest BCUT2D eigenvalue weighted by Gasteiger charge is 2.48. The lowest BCUT2D eigenvalue weighted by Crippen LogP contribution is -2.43. The molecule has 6 heteroatoms. The molecule has 0 aliphatic carbocycles. The summed E-state index contributed by atoms with van der Waals surface area (Å²) in [5.41, 5.74) is -0.657. The van der Waals surface area contributed by atoms with E-state index in [1.165, 1.54) is 6.92 Å². The van der Waals surface area contributed by atoms with Crippen molar-refractivity contribution in [3.8, 4) is 0 Å². The summed E-state index contributed by atoms with van der Waals surface area (Å²) in [5, 5.41) is 0. The Morgan fingerprint density at radius 2 is 1.83 bits per heavy atom. The molecule has 0 amide bonds. The van der Waals surface area contributed by atoms with Crippen molar-refractivity contribution in [3.63, 3.8) is 0 Å². The van der Waals surface area contributed by atoms with E-state index >= 15 is 0 Å². The first-order valence-electron chi connectivity index (χ1n) is 7.82. The first-order valence-corrected chi connectivity index (χ1v) is 7.82. The maximum Gasteiger partial charge on any atom is 0.338 e. The van der Waals surface area contributed by atoms with Gasteiger partial charge in [-0.25, -0.2) is 4.79 Å². The molecule has 130 valence electrons. The average molecular weight is 326 g/mol. The third-order valence-corrected chi connectivity index (χ3v) is 3.45. The second-order valence-electron chi connectivity index (χ2n) is 6.89. The second kappa shape index (κ2) is 7.15. The van der Waals surface area contributed by atoms with Gasteiger partial charge in [-0.1, -0.05) is 13.8 Å². The molecule has 1 aliphatic heterocycles. The molecule has 0 fully saturated rings. The molecule has 0 aromatic carbocycles. The molecule has 0 saturated carbocycles. The molecule has 1 heterocycles. The molecule has 0 aromatic heterocycles. The van der Waals surface area contributed by atoms with E-state index in [1.807, 2.05) is 0 Å². The highest BCUT2D eigenvalue weighted by molar-refractivity contribution is 6.00. The SMILES string of the molecule is CCOC(=O)[C@H]1C(C(=O)OC(C)(C)C)=C(C)OC(=O)[C@@H]1C(C)C. The Morgan fingerprint density at radius 3 is 2.26 bits per heavy atom. The van der Waals surface area contributed by atoms with Crippen LogP contribution in [0.3, 0.4) is 0 Å². The summed E-state index contributed by atoms with van der Waals surface area (Å²) in [7, 11) is 0. The van der Waals surface area contributed by atoms with Gasteiger partial charge in [0, 0.05) is 0 Å². The summed E-state index contributed by atoms with van der Waals surface area (Å²) in [6.07, 6.45) is 0. The number of cyclic esters (lactones) is 1. The zero-order valence-corrected chi connectivity index (χ0v) is 14.9. The van der Waals surface area contributed by atoms with Crippen LogP contribution in [-0.2, 0) is 28.6 Å². The quantitative estimate of drug-likeness (QED) is 0.583. The second-order valence-corrected chi connectivity index (χ2v) is 6.89. The highest BCUT2D eigenvalue weighted by Crippen LogP contribution is 2.37. The lowest BCUT2D eigenvalue weighted by molar-refractivity contribution is -0.165. The van der Waals surface area contributed by atoms with E-state index in [4.69, 9.17) is 14.2 Å². The number of ether oxygens (including phenoxy) is 3. The minimum absolute atomic E-state index is 0.0664. The fourth-order valence-electron chi connectivity index (χ4n) is 2.57. The third-order valence-electron chi connectivity index (χ3n) is 3.45. The smallest absolute Gasteiger partial charge is 0.338 e. The van der Waals surface area contributed by atoms with E-state index in [9.17, 15) is 14.4 Å². The molecule has 0 aromatic rings. The number of carbonyl (C=O) groups excluding carboxylic acids is 3. The van der Waals surface area contributed by atoms with E-state index < -0.39 is 35.3 Å². The van der Waals surface area contributed by atoms with E-state index in [1.54, 1.807) is 41.5 Å². The van der Waals surface area contributed by atoms with Gasteiger partial charge in [-0.15, -0.1) is 0 Å². The van der Waals surface area contributed by atoms with Gasteiger partial charge < -0.3 is 14.2 Å². The van der Waals surface area contributed by atoms with Gasteiger partial charge in [0.05, 0.1) is 18.1 Å². The zero-order chi connectivity index (χ0) is 17.9. The Balaban J connectivity index is 3.34. The van der Waals surface area contributed by atoms with Gasteiger partial charge in [-0.3, -0.25) is 9.59 Å². The van der Waals surface area contributed by atoms with Crippen LogP contribution in [0.1, 0.15) is 48.5 Å². The molecule has 0 N–H and O–H groups in total. The van der Waals surface area contributed by atoms with Crippen molar-refractivity contribution < 1.29 is 28.6 Å². The average Bonchev–Trinajstić information content (AvgIpc) is 2.34. The van der Waals surface area contributed by atoms with Crippen LogP contribution < -0.4 is 0 Å². The van der Waals surface area contributed by atoms with Crippen molar-refractivity contribution in [3.05, 3.63) is 11.3 Å². The fourth-order valence-corrected chi connectivity index (χ4v) is 2.57. The van der Waals surface area contributed by atoms with Crippen molar-refractivity contribution in [2.24, 2.45) is 17.8 Å². The standard InChI is InChI=1S/C17H26O6/c1-8-21-14(18)13-11(9(2)3)15(19)22-10(4)12(13)16(20)23-17(5,6)7/h9,11,13H,8H2,1-7H3/t11-,13-/m1/s1. The van der Waals surface area contributed by atoms with Crippen LogP contribution in [0.25, 0.3) is 0 Å². The summed E-state index contributed by atoms with van der Waals surface area (Å²) in [6.45, 7) is 12.1. The molecule has 6 nitrogen and oxygen atoms in total. The number of hydrogen-bond donors (Lipinski definition) is 0. The Bertz CT molecular complexity index is 524. The van der Waals surface area contributed by atoms with Gasteiger partial charge in [0.15, 0.2) is 0 Å². The van der Waals surface area contributed by atoms with Crippen molar-refractivity contribution in [1.82, 2.24) is 0 Å².